The number of rotatable bonds is 13. The number of phenols is 1. The predicted octanol–water partition coefficient (Wildman–Crippen LogP) is 6.29. The van der Waals surface area contributed by atoms with Gasteiger partial charge in [-0.15, -0.1) is 0 Å². The number of fused-ring (bicyclic) bond motifs is 1. The van der Waals surface area contributed by atoms with Crippen molar-refractivity contribution in [3.8, 4) is 11.5 Å². The summed E-state index contributed by atoms with van der Waals surface area (Å²) < 4.78 is 6.14. The number of ether oxygens (including phenoxy) is 1. The van der Waals surface area contributed by atoms with E-state index in [-0.39, 0.29) is 24.0 Å². The van der Waals surface area contributed by atoms with Gasteiger partial charge in [0.25, 0.3) is 5.91 Å². The van der Waals surface area contributed by atoms with Crippen LogP contribution in [0.3, 0.4) is 0 Å². The zero-order valence-corrected chi connectivity index (χ0v) is 30.3. The predicted molar refractivity (Wildman–Crippen MR) is 205 cm³/mol. The normalized spacial score (nSPS) is 18.1. The molecule has 0 bridgehead atoms. The number of aromatic hydroxyl groups is 1. The number of imide groups is 1. The van der Waals surface area contributed by atoms with Crippen LogP contribution in [0, 0.1) is 0 Å². The molecule has 274 valence electrons. The van der Waals surface area contributed by atoms with Crippen LogP contribution < -0.4 is 15.0 Å². The molecular formula is C43H47N5O5. The summed E-state index contributed by atoms with van der Waals surface area (Å²) in [5.41, 5.74) is 7.21. The summed E-state index contributed by atoms with van der Waals surface area (Å²) in [5, 5.41) is 12.3. The summed E-state index contributed by atoms with van der Waals surface area (Å²) in [6.07, 6.45) is 6.30. The third-order valence-corrected chi connectivity index (χ3v) is 10.6. The van der Waals surface area contributed by atoms with Crippen molar-refractivity contribution >= 4 is 34.7 Å². The molecule has 2 fully saturated rings. The molecule has 2 saturated heterocycles. The summed E-state index contributed by atoms with van der Waals surface area (Å²) in [4.78, 5) is 47.9. The standard InChI is InChI=1S/C43H47N5O5/c1-2-36(30-9-5-3-6-10-30)41(31-11-15-34(49)16-12-31)32-13-17-35(18-14-32)53-26-8-4-7-21-46-22-24-47(25-23-46)39-27-33-29-48(43(52)37(33)28-44-39)38-19-20-40(50)45-42(38)51/h3,5-6,9-18,27-28,38,49H,2,4,7-8,19-26,29H2,1H3,(H,45,50,51)/b41-36-. The lowest BCUT2D eigenvalue weighted by atomic mass is 9.88. The fourth-order valence-electron chi connectivity index (χ4n) is 7.65. The molecule has 4 aromatic rings. The second kappa shape index (κ2) is 16.5. The monoisotopic (exact) mass is 713 g/mol. The van der Waals surface area contributed by atoms with E-state index in [0.717, 1.165) is 92.2 Å². The summed E-state index contributed by atoms with van der Waals surface area (Å²) in [7, 11) is 0. The van der Waals surface area contributed by atoms with Gasteiger partial charge in [0.15, 0.2) is 0 Å². The Morgan fingerprint density at radius 1 is 0.868 bits per heavy atom. The maximum Gasteiger partial charge on any atom is 0.256 e. The molecule has 0 saturated carbocycles. The number of phenolic OH excluding ortho intramolecular Hbond substituents is 1. The number of nitrogens with zero attached hydrogens (tertiary/aromatic N) is 4. The number of hydrogen-bond acceptors (Lipinski definition) is 8. The topological polar surface area (TPSA) is 115 Å². The number of carbonyl (C=O) groups excluding carboxylic acids is 3. The van der Waals surface area contributed by atoms with Crippen LogP contribution in [-0.2, 0) is 16.1 Å². The van der Waals surface area contributed by atoms with Crippen LogP contribution in [0.2, 0.25) is 0 Å². The SMILES string of the molecule is CC/C(=C(\c1ccc(O)cc1)c1ccc(OCCCCCN2CCN(c3cc4c(cn3)C(=O)N(C3CCC(=O)NC3=O)C4)CC2)cc1)c1ccccc1. The highest BCUT2D eigenvalue weighted by Crippen LogP contribution is 2.36. The number of amides is 3. The van der Waals surface area contributed by atoms with Crippen molar-refractivity contribution in [3.05, 3.63) is 119 Å². The summed E-state index contributed by atoms with van der Waals surface area (Å²) in [5.74, 6) is 1.10. The van der Waals surface area contributed by atoms with E-state index in [1.807, 2.05) is 24.3 Å². The highest BCUT2D eigenvalue weighted by molar-refractivity contribution is 6.05. The van der Waals surface area contributed by atoms with Gasteiger partial charge in [0.1, 0.15) is 23.4 Å². The lowest BCUT2D eigenvalue weighted by Gasteiger charge is -2.35. The number of piperazine rings is 1. The van der Waals surface area contributed by atoms with Crippen LogP contribution in [0.4, 0.5) is 5.82 Å². The van der Waals surface area contributed by atoms with Crippen LogP contribution >= 0.6 is 0 Å². The molecule has 4 heterocycles. The summed E-state index contributed by atoms with van der Waals surface area (Å²) >= 11 is 0. The van der Waals surface area contributed by atoms with Crippen molar-refractivity contribution in [1.82, 2.24) is 20.1 Å². The molecule has 3 amide bonds. The van der Waals surface area contributed by atoms with Gasteiger partial charge in [0.2, 0.25) is 11.8 Å². The van der Waals surface area contributed by atoms with Crippen LogP contribution in [0.5, 0.6) is 11.5 Å². The molecule has 0 radical (unpaired) electrons. The number of allylic oxidation sites excluding steroid dienone is 1. The summed E-state index contributed by atoms with van der Waals surface area (Å²) in [6.45, 7) is 7.89. The Labute approximate surface area is 311 Å². The zero-order chi connectivity index (χ0) is 36.7. The van der Waals surface area contributed by atoms with Crippen LogP contribution in [-0.4, -0.2) is 83.0 Å². The minimum Gasteiger partial charge on any atom is -0.508 e. The number of unbranched alkanes of at least 4 members (excludes halogenated alkanes) is 2. The maximum absolute atomic E-state index is 13.0. The van der Waals surface area contributed by atoms with Crippen molar-refractivity contribution in [2.45, 2.75) is 58.0 Å². The van der Waals surface area contributed by atoms with E-state index < -0.39 is 11.9 Å². The molecule has 3 aliphatic heterocycles. The molecule has 53 heavy (non-hydrogen) atoms. The molecule has 1 aromatic heterocycles. The number of benzene rings is 3. The number of piperidine rings is 1. The van der Waals surface area contributed by atoms with Gasteiger partial charge in [-0.1, -0.05) is 61.5 Å². The van der Waals surface area contributed by atoms with Crippen molar-refractivity contribution < 1.29 is 24.2 Å². The first-order valence-electron chi connectivity index (χ1n) is 18.8. The molecular weight excluding hydrogens is 667 g/mol. The Hall–Kier alpha value is -5.48. The number of carbonyl (C=O) groups is 3. The zero-order valence-electron chi connectivity index (χ0n) is 30.3. The van der Waals surface area contributed by atoms with Gasteiger partial charge >= 0.3 is 0 Å². The largest absolute Gasteiger partial charge is 0.508 e. The Morgan fingerprint density at radius 2 is 1.58 bits per heavy atom. The molecule has 0 aliphatic carbocycles. The highest BCUT2D eigenvalue weighted by Gasteiger charge is 2.39. The number of hydrogen-bond donors (Lipinski definition) is 2. The van der Waals surface area contributed by atoms with Gasteiger partial charge in [-0.3, -0.25) is 24.6 Å². The Bertz CT molecular complexity index is 1950. The first-order valence-corrected chi connectivity index (χ1v) is 18.8. The maximum atomic E-state index is 13.0. The molecule has 10 heteroatoms. The molecule has 3 aliphatic rings. The molecule has 2 N–H and O–H groups in total. The fraction of sp³-hybridized carbons (Fsp3) is 0.349. The van der Waals surface area contributed by atoms with Crippen molar-refractivity contribution in [1.29, 1.82) is 0 Å². The highest BCUT2D eigenvalue weighted by atomic mass is 16.5. The number of aromatic nitrogens is 1. The van der Waals surface area contributed by atoms with Crippen molar-refractivity contribution in [3.63, 3.8) is 0 Å². The van der Waals surface area contributed by atoms with Crippen molar-refractivity contribution in [2.24, 2.45) is 0 Å². The first kappa shape index (κ1) is 35.9. The van der Waals surface area contributed by atoms with E-state index >= 15 is 0 Å². The Morgan fingerprint density at radius 3 is 2.28 bits per heavy atom. The minimum absolute atomic E-state index is 0.195. The third-order valence-electron chi connectivity index (χ3n) is 10.6. The molecule has 1 unspecified atom stereocenters. The molecule has 10 nitrogen and oxygen atoms in total. The second-order valence-corrected chi connectivity index (χ2v) is 14.0. The smallest absolute Gasteiger partial charge is 0.256 e. The van der Waals surface area contributed by atoms with Gasteiger partial charge in [-0.05, 0) is 102 Å². The number of nitrogens with one attached hydrogen (secondary N) is 1. The van der Waals surface area contributed by atoms with Crippen LogP contribution in [0.1, 0.15) is 78.1 Å². The van der Waals surface area contributed by atoms with Gasteiger partial charge in [0, 0.05) is 45.3 Å². The lowest BCUT2D eigenvalue weighted by molar-refractivity contribution is -0.136. The van der Waals surface area contributed by atoms with Gasteiger partial charge in [-0.2, -0.15) is 0 Å². The molecule has 3 aromatic carbocycles. The quantitative estimate of drug-likeness (QED) is 0.0945. The van der Waals surface area contributed by atoms with E-state index in [4.69, 9.17) is 4.74 Å². The van der Waals surface area contributed by atoms with E-state index in [0.29, 0.717) is 25.1 Å². The minimum atomic E-state index is -0.619. The van der Waals surface area contributed by atoms with E-state index in [2.05, 4.69) is 75.6 Å². The number of pyridine rings is 1. The average molecular weight is 714 g/mol. The van der Waals surface area contributed by atoms with Gasteiger partial charge < -0.3 is 19.6 Å². The average Bonchev–Trinajstić information content (AvgIpc) is 3.51. The lowest BCUT2D eigenvalue weighted by Crippen LogP contribution is -2.52. The third kappa shape index (κ3) is 8.28. The van der Waals surface area contributed by atoms with Crippen LogP contribution in [0.25, 0.3) is 11.1 Å². The second-order valence-electron chi connectivity index (χ2n) is 14.0. The molecule has 1 atom stereocenters. The molecule has 7 rings (SSSR count). The van der Waals surface area contributed by atoms with E-state index in [9.17, 15) is 19.5 Å². The number of anilines is 1. The van der Waals surface area contributed by atoms with E-state index in [1.54, 1.807) is 23.2 Å². The Balaban J connectivity index is 0.852. The molecule has 0 spiro atoms. The summed E-state index contributed by atoms with van der Waals surface area (Å²) in [6, 6.07) is 27.6. The van der Waals surface area contributed by atoms with Crippen LogP contribution in [0.15, 0.2) is 91.1 Å². The van der Waals surface area contributed by atoms with Crippen molar-refractivity contribution in [2.75, 3.05) is 44.2 Å². The fourth-order valence-corrected chi connectivity index (χ4v) is 7.65. The Kier molecular flexibility index (Phi) is 11.2. The van der Waals surface area contributed by atoms with Gasteiger partial charge in [0.05, 0.1) is 12.2 Å². The van der Waals surface area contributed by atoms with Gasteiger partial charge in [-0.25, -0.2) is 4.98 Å². The first-order chi connectivity index (χ1) is 25.9. The van der Waals surface area contributed by atoms with E-state index in [1.165, 1.54) is 11.1 Å².